The van der Waals surface area contributed by atoms with Gasteiger partial charge in [0.15, 0.2) is 11.4 Å². The number of phenolic OH excluding ortho intramolecular Hbond substituents is 1. The van der Waals surface area contributed by atoms with Crippen molar-refractivity contribution in [2.75, 3.05) is 37.4 Å². The Labute approximate surface area is 253 Å². The van der Waals surface area contributed by atoms with Crippen molar-refractivity contribution in [1.29, 1.82) is 0 Å². The Kier molecular flexibility index (Phi) is 9.52. The van der Waals surface area contributed by atoms with Gasteiger partial charge in [0.05, 0.1) is 17.3 Å². The molecule has 0 spiro atoms. The number of nitrogens with one attached hydrogen (secondary N) is 1. The molecule has 0 radical (unpaired) electrons. The zero-order chi connectivity index (χ0) is 33.6. The first kappa shape index (κ1) is 34.5. The van der Waals surface area contributed by atoms with E-state index in [0.717, 1.165) is 0 Å². The Balaban J connectivity index is 0.000000978. The van der Waals surface area contributed by atoms with Crippen LogP contribution in [0.4, 0.5) is 11.4 Å². The Hall–Kier alpha value is -4.03. The highest BCUT2D eigenvalue weighted by molar-refractivity contribution is 7.79. The number of aliphatic hydroxyl groups is 3. The van der Waals surface area contributed by atoms with Gasteiger partial charge >= 0.3 is 10.4 Å². The van der Waals surface area contributed by atoms with E-state index < -0.39 is 80.1 Å². The van der Waals surface area contributed by atoms with Crippen LogP contribution < -0.4 is 16.0 Å². The van der Waals surface area contributed by atoms with Crippen LogP contribution in [-0.4, -0.2) is 105 Å². The number of nitrogens with two attached hydrogens (primary N) is 1. The maximum absolute atomic E-state index is 14.0. The molecule has 1 saturated carbocycles. The molecule has 0 saturated heterocycles. The van der Waals surface area contributed by atoms with Gasteiger partial charge in [-0.2, -0.15) is 8.42 Å². The number of benzene rings is 1. The number of anilines is 2. The van der Waals surface area contributed by atoms with Crippen LogP contribution >= 0.6 is 0 Å². The number of phenols is 1. The first-order chi connectivity index (χ1) is 20.2. The van der Waals surface area contributed by atoms with E-state index in [9.17, 15) is 39.6 Å². The number of ketones is 2. The summed E-state index contributed by atoms with van der Waals surface area (Å²) in [6.07, 6.45) is 0.159. The third kappa shape index (κ3) is 5.88. The number of aliphatic hydroxyl groups excluding tert-OH is 2. The van der Waals surface area contributed by atoms with E-state index in [1.165, 1.54) is 11.8 Å². The lowest BCUT2D eigenvalue weighted by Crippen LogP contribution is -2.65. The van der Waals surface area contributed by atoms with Crippen molar-refractivity contribution in [2.24, 2.45) is 17.6 Å². The normalized spacial score (nSPS) is 24.6. The standard InChI is InChI=1S/C27H34N4O8.H2O4S/c1-6-31(7-2)16-10-15(29-11(3)32)21(33)18-13(16)8-12-9-14-20(30(4)5)23(35)19(26(28)38)25(37)27(14,39)24(36)17(12)22(18)34;1-5(2,3)4/h10,12,14,20,33-34,37,39H,6-9H2,1-5H3,(H2,28,38)(H,29,32);(H2,1,2,3,4)/t12?,14?,20-,27-;/m0./s1. The highest BCUT2D eigenvalue weighted by Gasteiger charge is 2.64. The Morgan fingerprint density at radius 3 is 2.11 bits per heavy atom. The monoisotopic (exact) mass is 640 g/mol. The number of primary amides is 1. The first-order valence-electron chi connectivity index (χ1n) is 13.5. The summed E-state index contributed by atoms with van der Waals surface area (Å²) in [4.78, 5) is 54.6. The third-order valence-electron chi connectivity index (χ3n) is 8.11. The smallest absolute Gasteiger partial charge is 0.394 e. The second-order valence-electron chi connectivity index (χ2n) is 10.9. The predicted molar refractivity (Wildman–Crippen MR) is 156 cm³/mol. The zero-order valence-electron chi connectivity index (χ0n) is 24.7. The van der Waals surface area contributed by atoms with E-state index >= 15 is 0 Å². The molecule has 0 bridgehead atoms. The molecule has 1 aromatic rings. The van der Waals surface area contributed by atoms with Gasteiger partial charge < -0.3 is 36.4 Å². The molecule has 9 N–H and O–H groups in total. The van der Waals surface area contributed by atoms with E-state index in [4.69, 9.17) is 23.3 Å². The van der Waals surface area contributed by atoms with Crippen molar-refractivity contribution in [3.63, 3.8) is 0 Å². The van der Waals surface area contributed by atoms with Crippen molar-refractivity contribution < 1.29 is 57.1 Å². The molecule has 0 aliphatic heterocycles. The van der Waals surface area contributed by atoms with Gasteiger partial charge in [-0.15, -0.1) is 0 Å². The number of rotatable bonds is 6. The molecule has 242 valence electrons. The summed E-state index contributed by atoms with van der Waals surface area (Å²) >= 11 is 0. The lowest BCUT2D eigenvalue weighted by molar-refractivity contribution is -0.153. The summed E-state index contributed by atoms with van der Waals surface area (Å²) in [7, 11) is -1.57. The zero-order valence-corrected chi connectivity index (χ0v) is 25.5. The SMILES string of the molecule is CCN(CC)c1cc(NC(C)=O)c(O)c2c1CC1CC3[C@H](N(C)C)C(=O)C(C(N)=O)=C(O)[C@@]3(O)C(=O)C1=C2O.O=S(=O)(O)O. The lowest BCUT2D eigenvalue weighted by atomic mass is 9.57. The highest BCUT2D eigenvalue weighted by Crippen LogP contribution is 2.54. The van der Waals surface area contributed by atoms with Gasteiger partial charge in [-0.25, -0.2) is 0 Å². The number of likely N-dealkylation sites (N-methyl/N-ethyl adjacent to an activating group) is 1. The van der Waals surface area contributed by atoms with E-state index in [1.807, 2.05) is 18.7 Å². The summed E-state index contributed by atoms with van der Waals surface area (Å²) < 4.78 is 31.6. The molecule has 44 heavy (non-hydrogen) atoms. The van der Waals surface area contributed by atoms with Crippen LogP contribution in [-0.2, 0) is 36.0 Å². The number of amides is 2. The molecule has 2 amide bonds. The van der Waals surface area contributed by atoms with Gasteiger partial charge in [-0.3, -0.25) is 33.2 Å². The quantitative estimate of drug-likeness (QED) is 0.117. The van der Waals surface area contributed by atoms with Gasteiger partial charge in [0.1, 0.15) is 22.8 Å². The molecule has 17 heteroatoms. The Morgan fingerprint density at radius 2 is 1.66 bits per heavy atom. The molecule has 1 fully saturated rings. The molecule has 16 nitrogen and oxygen atoms in total. The van der Waals surface area contributed by atoms with Crippen LogP contribution in [0.5, 0.6) is 5.75 Å². The summed E-state index contributed by atoms with van der Waals surface area (Å²) in [6.45, 7) is 6.26. The van der Waals surface area contributed by atoms with Crippen LogP contribution in [0.3, 0.4) is 0 Å². The molecule has 1 aromatic carbocycles. The summed E-state index contributed by atoms with van der Waals surface area (Å²) in [5.74, 6) is -7.68. The summed E-state index contributed by atoms with van der Waals surface area (Å²) in [5.41, 5.74) is 2.67. The molecular formula is C27H36N4O12S. The highest BCUT2D eigenvalue weighted by atomic mass is 32.3. The van der Waals surface area contributed by atoms with Gasteiger partial charge in [-0.05, 0) is 58.3 Å². The number of carbonyl (C=O) groups excluding carboxylic acids is 4. The van der Waals surface area contributed by atoms with E-state index in [2.05, 4.69) is 5.32 Å². The number of hydrogen-bond acceptors (Lipinski definition) is 12. The van der Waals surface area contributed by atoms with Gasteiger partial charge in [-0.1, -0.05) is 0 Å². The number of aromatic hydroxyl groups is 1. The largest absolute Gasteiger partial charge is 0.508 e. The van der Waals surface area contributed by atoms with Crippen molar-refractivity contribution in [2.45, 2.75) is 45.3 Å². The summed E-state index contributed by atoms with van der Waals surface area (Å²) in [5, 5.41) is 47.8. The maximum Gasteiger partial charge on any atom is 0.394 e. The number of hydrogen-bond donors (Lipinski definition) is 8. The van der Waals surface area contributed by atoms with Crippen LogP contribution in [0.2, 0.25) is 0 Å². The molecule has 0 aromatic heterocycles. The van der Waals surface area contributed by atoms with Crippen LogP contribution in [0.1, 0.15) is 38.3 Å². The van der Waals surface area contributed by atoms with Crippen molar-refractivity contribution in [3.8, 4) is 5.75 Å². The number of nitrogens with zero attached hydrogens (tertiary/aromatic N) is 2. The van der Waals surface area contributed by atoms with Crippen molar-refractivity contribution >= 4 is 50.9 Å². The Morgan fingerprint density at radius 1 is 1.11 bits per heavy atom. The van der Waals surface area contributed by atoms with E-state index in [-0.39, 0.29) is 29.7 Å². The predicted octanol–water partition coefficient (Wildman–Crippen LogP) is 0.116. The molecular weight excluding hydrogens is 604 g/mol. The summed E-state index contributed by atoms with van der Waals surface area (Å²) in [6, 6.07) is 0.461. The van der Waals surface area contributed by atoms with Crippen LogP contribution in [0.15, 0.2) is 23.0 Å². The number of carbonyl (C=O) groups is 4. The molecule has 3 aliphatic rings. The lowest BCUT2D eigenvalue weighted by Gasteiger charge is -2.50. The topological polar surface area (TPSA) is 268 Å². The second kappa shape index (κ2) is 12.2. The molecule has 2 unspecified atom stereocenters. The molecule has 3 aliphatic carbocycles. The Bertz CT molecular complexity index is 1590. The average molecular weight is 641 g/mol. The fourth-order valence-electron chi connectivity index (χ4n) is 6.42. The maximum atomic E-state index is 14.0. The second-order valence-corrected chi connectivity index (χ2v) is 11.8. The minimum Gasteiger partial charge on any atom is -0.508 e. The molecule has 4 rings (SSSR count). The fraction of sp³-hybridized carbons (Fsp3) is 0.481. The first-order valence-corrected chi connectivity index (χ1v) is 14.9. The van der Waals surface area contributed by atoms with Gasteiger partial charge in [0.2, 0.25) is 11.7 Å². The number of Topliss-reactive ketones (excluding diaryl/α,β-unsaturated/α-hetero) is 2. The van der Waals surface area contributed by atoms with Crippen LogP contribution in [0.25, 0.3) is 5.76 Å². The van der Waals surface area contributed by atoms with Gasteiger partial charge in [0.25, 0.3) is 5.91 Å². The van der Waals surface area contributed by atoms with E-state index in [0.29, 0.717) is 24.3 Å². The fourth-order valence-corrected chi connectivity index (χ4v) is 6.42. The minimum atomic E-state index is -4.67. The third-order valence-corrected chi connectivity index (χ3v) is 8.11. The van der Waals surface area contributed by atoms with Crippen molar-refractivity contribution in [1.82, 2.24) is 4.90 Å². The average Bonchev–Trinajstić information content (AvgIpc) is 2.87. The molecule has 4 atom stereocenters. The van der Waals surface area contributed by atoms with E-state index in [1.54, 1.807) is 20.2 Å². The van der Waals surface area contributed by atoms with Crippen LogP contribution in [0, 0.1) is 11.8 Å². The van der Waals surface area contributed by atoms with Crippen molar-refractivity contribution in [3.05, 3.63) is 34.1 Å². The number of fused-ring (bicyclic) bond motifs is 3. The van der Waals surface area contributed by atoms with Gasteiger partial charge in [0, 0.05) is 37.2 Å². The molecule has 0 heterocycles. The minimum absolute atomic E-state index is 0.00232.